The van der Waals surface area contributed by atoms with Crippen molar-refractivity contribution in [2.75, 3.05) is 32.8 Å². The van der Waals surface area contributed by atoms with Crippen molar-refractivity contribution < 1.29 is 13.9 Å². The standard InChI is InChI=1S/C24H30FN5O2/c1-2-32-23(31)30-15-24(16-30)6-3-19(12-24)29-9-4-17(5-10-29)22-20(11-18(25)13-28-22)21-14-26-7-8-27-21/h7-8,11,13-14,17,19H,2-6,9-10,12,15-16H2,1H3. The molecule has 7 nitrogen and oxygen atoms in total. The fourth-order valence-electron chi connectivity index (χ4n) is 5.84. The summed E-state index contributed by atoms with van der Waals surface area (Å²) in [5.74, 6) is -0.0531. The van der Waals surface area contributed by atoms with Gasteiger partial charge in [0.1, 0.15) is 5.82 Å². The zero-order chi connectivity index (χ0) is 22.1. The second-order valence-corrected chi connectivity index (χ2v) is 9.44. The average molecular weight is 440 g/mol. The number of carbonyl (C=O) groups excluding carboxylic acids is 1. The van der Waals surface area contributed by atoms with Gasteiger partial charge >= 0.3 is 6.09 Å². The number of likely N-dealkylation sites (tertiary alicyclic amines) is 2. The molecule has 1 amide bonds. The van der Waals surface area contributed by atoms with Crippen LogP contribution in [0.2, 0.25) is 0 Å². The zero-order valence-corrected chi connectivity index (χ0v) is 18.5. The van der Waals surface area contributed by atoms with E-state index in [4.69, 9.17) is 4.74 Å². The first-order valence-electron chi connectivity index (χ1n) is 11.6. The van der Waals surface area contributed by atoms with Gasteiger partial charge in [0.15, 0.2) is 0 Å². The van der Waals surface area contributed by atoms with Gasteiger partial charge in [0.25, 0.3) is 0 Å². The third-order valence-corrected chi connectivity index (χ3v) is 7.41. The number of halogens is 1. The summed E-state index contributed by atoms with van der Waals surface area (Å²) < 4.78 is 19.1. The molecule has 1 saturated carbocycles. The van der Waals surface area contributed by atoms with Gasteiger partial charge in [-0.25, -0.2) is 9.18 Å². The van der Waals surface area contributed by atoms with E-state index >= 15 is 0 Å². The van der Waals surface area contributed by atoms with E-state index < -0.39 is 0 Å². The highest BCUT2D eigenvalue weighted by Gasteiger charge is 2.51. The molecule has 2 aromatic rings. The lowest BCUT2D eigenvalue weighted by Crippen LogP contribution is -2.58. The Bertz CT molecular complexity index is 958. The Kier molecular flexibility index (Phi) is 5.80. The summed E-state index contributed by atoms with van der Waals surface area (Å²) in [7, 11) is 0. The number of ether oxygens (including phenoxy) is 1. The number of piperidine rings is 1. The van der Waals surface area contributed by atoms with Crippen LogP contribution in [0.1, 0.15) is 50.6 Å². The number of hydrogen-bond donors (Lipinski definition) is 0. The molecule has 170 valence electrons. The highest BCUT2D eigenvalue weighted by Crippen LogP contribution is 2.48. The Hall–Kier alpha value is -2.61. The lowest BCUT2D eigenvalue weighted by Gasteiger charge is -2.48. The van der Waals surface area contributed by atoms with Crippen LogP contribution >= 0.6 is 0 Å². The lowest BCUT2D eigenvalue weighted by atomic mass is 9.78. The Morgan fingerprint density at radius 2 is 2.00 bits per heavy atom. The van der Waals surface area contributed by atoms with Crippen molar-refractivity contribution in [1.82, 2.24) is 24.8 Å². The molecule has 32 heavy (non-hydrogen) atoms. The molecule has 1 aliphatic carbocycles. The van der Waals surface area contributed by atoms with Crippen LogP contribution in [0.25, 0.3) is 11.3 Å². The van der Waals surface area contributed by atoms with E-state index in [2.05, 4.69) is 19.9 Å². The minimum Gasteiger partial charge on any atom is -0.450 e. The summed E-state index contributed by atoms with van der Waals surface area (Å²) in [6, 6.07) is 2.12. The third-order valence-electron chi connectivity index (χ3n) is 7.41. The number of nitrogens with zero attached hydrogens (tertiary/aromatic N) is 5. The van der Waals surface area contributed by atoms with Gasteiger partial charge in [-0.1, -0.05) is 0 Å². The van der Waals surface area contributed by atoms with Crippen LogP contribution in [0, 0.1) is 11.2 Å². The van der Waals surface area contributed by atoms with Crippen LogP contribution in [0.15, 0.2) is 30.9 Å². The van der Waals surface area contributed by atoms with Crippen LogP contribution in [-0.4, -0.2) is 69.7 Å². The second-order valence-electron chi connectivity index (χ2n) is 9.44. The minimum atomic E-state index is -0.347. The number of carbonyl (C=O) groups is 1. The molecule has 1 unspecified atom stereocenters. The summed E-state index contributed by atoms with van der Waals surface area (Å²) >= 11 is 0. The molecule has 2 aromatic heterocycles. The molecule has 3 fully saturated rings. The van der Waals surface area contributed by atoms with Crippen LogP contribution in [0.4, 0.5) is 9.18 Å². The highest BCUT2D eigenvalue weighted by atomic mass is 19.1. The summed E-state index contributed by atoms with van der Waals surface area (Å²) in [5, 5.41) is 0. The van der Waals surface area contributed by atoms with Crippen LogP contribution in [0.5, 0.6) is 0 Å². The van der Waals surface area contributed by atoms with E-state index in [9.17, 15) is 9.18 Å². The zero-order valence-electron chi connectivity index (χ0n) is 18.5. The number of amides is 1. The van der Waals surface area contributed by atoms with Crippen LogP contribution < -0.4 is 0 Å². The monoisotopic (exact) mass is 439 g/mol. The molecule has 1 atom stereocenters. The van der Waals surface area contributed by atoms with E-state index in [1.165, 1.54) is 25.1 Å². The van der Waals surface area contributed by atoms with Crippen molar-refractivity contribution in [3.63, 3.8) is 0 Å². The number of hydrogen-bond acceptors (Lipinski definition) is 6. The average Bonchev–Trinajstić information content (AvgIpc) is 3.25. The van der Waals surface area contributed by atoms with Crippen molar-refractivity contribution in [2.24, 2.45) is 5.41 Å². The smallest absolute Gasteiger partial charge is 0.409 e. The minimum absolute atomic E-state index is 0.173. The summed E-state index contributed by atoms with van der Waals surface area (Å²) in [5.41, 5.74) is 2.64. The Morgan fingerprint density at radius 3 is 2.72 bits per heavy atom. The van der Waals surface area contributed by atoms with Crippen molar-refractivity contribution in [3.8, 4) is 11.3 Å². The second kappa shape index (κ2) is 8.73. The molecule has 2 saturated heterocycles. The Balaban J connectivity index is 1.20. The van der Waals surface area contributed by atoms with Crippen LogP contribution in [0.3, 0.4) is 0 Å². The van der Waals surface area contributed by atoms with Gasteiger partial charge in [-0.05, 0) is 58.2 Å². The van der Waals surface area contributed by atoms with Gasteiger partial charge in [-0.2, -0.15) is 0 Å². The van der Waals surface area contributed by atoms with Crippen molar-refractivity contribution in [1.29, 1.82) is 0 Å². The van der Waals surface area contributed by atoms with Gasteiger partial charge in [0, 0.05) is 48.4 Å². The fourth-order valence-corrected chi connectivity index (χ4v) is 5.84. The SMILES string of the molecule is CCOC(=O)N1CC2(CCC(N3CCC(c4ncc(F)cc4-c4cnccn4)CC3)C2)C1. The third kappa shape index (κ3) is 4.08. The van der Waals surface area contributed by atoms with E-state index in [0.717, 1.165) is 56.7 Å². The van der Waals surface area contributed by atoms with Crippen LogP contribution in [-0.2, 0) is 4.74 Å². The summed E-state index contributed by atoms with van der Waals surface area (Å²) in [4.78, 5) is 29.4. The predicted molar refractivity (Wildman–Crippen MR) is 117 cm³/mol. The van der Waals surface area contributed by atoms with E-state index in [1.54, 1.807) is 18.6 Å². The first kappa shape index (κ1) is 21.2. The molecule has 1 spiro atoms. The maximum Gasteiger partial charge on any atom is 0.409 e. The predicted octanol–water partition coefficient (Wildman–Crippen LogP) is 3.87. The molecule has 0 N–H and O–H groups in total. The van der Waals surface area contributed by atoms with Gasteiger partial charge in [0.2, 0.25) is 0 Å². The lowest BCUT2D eigenvalue weighted by molar-refractivity contribution is -0.00361. The molecule has 4 heterocycles. The molecule has 2 aliphatic heterocycles. The van der Waals surface area contributed by atoms with Gasteiger partial charge in [-0.15, -0.1) is 0 Å². The molecule has 3 aliphatic rings. The first-order chi connectivity index (χ1) is 15.6. The first-order valence-corrected chi connectivity index (χ1v) is 11.6. The van der Waals surface area contributed by atoms with Gasteiger partial charge < -0.3 is 14.5 Å². The van der Waals surface area contributed by atoms with Crippen molar-refractivity contribution >= 4 is 6.09 Å². The fraction of sp³-hybridized carbons (Fsp3) is 0.583. The molecule has 0 radical (unpaired) electrons. The number of aromatic nitrogens is 3. The van der Waals surface area contributed by atoms with Gasteiger partial charge in [-0.3, -0.25) is 15.0 Å². The van der Waals surface area contributed by atoms with E-state index in [0.29, 0.717) is 24.3 Å². The number of pyridine rings is 1. The van der Waals surface area contributed by atoms with Crippen molar-refractivity contribution in [3.05, 3.63) is 42.4 Å². The quantitative estimate of drug-likeness (QED) is 0.720. The highest BCUT2D eigenvalue weighted by molar-refractivity contribution is 5.69. The molecule has 5 rings (SSSR count). The van der Waals surface area contributed by atoms with E-state index in [1.807, 2.05) is 11.8 Å². The molecular weight excluding hydrogens is 409 g/mol. The normalized spacial score (nSPS) is 23.3. The summed E-state index contributed by atoms with van der Waals surface area (Å²) in [6.07, 6.45) is 11.6. The maximum atomic E-state index is 13.9. The topological polar surface area (TPSA) is 71.5 Å². The Labute approximate surface area is 188 Å². The van der Waals surface area contributed by atoms with Gasteiger partial charge in [0.05, 0.1) is 30.4 Å². The molecule has 0 aromatic carbocycles. The largest absolute Gasteiger partial charge is 0.450 e. The molecule has 0 bridgehead atoms. The Morgan fingerprint density at radius 1 is 1.19 bits per heavy atom. The molecular formula is C24H30FN5O2. The van der Waals surface area contributed by atoms with E-state index in [-0.39, 0.29) is 17.3 Å². The summed E-state index contributed by atoms with van der Waals surface area (Å²) in [6.45, 7) is 5.99. The number of rotatable bonds is 4. The molecule has 8 heteroatoms. The maximum absolute atomic E-state index is 13.9. The van der Waals surface area contributed by atoms with Crippen molar-refractivity contribution in [2.45, 2.75) is 51.0 Å².